The SMILES string of the molecule is CO/N=C(\C(=O)OC)c1csc(NC(=O)[C@@H](N)Cc2ccccc2C(=O)OC(C)(C)C)n1. The molecule has 2 rings (SSSR count). The van der Waals surface area contributed by atoms with Crippen LogP contribution in [0, 0.1) is 0 Å². The third kappa shape index (κ3) is 6.86. The van der Waals surface area contributed by atoms with Crippen molar-refractivity contribution in [2.75, 3.05) is 19.5 Å². The smallest absolute Gasteiger partial charge is 0.362 e. The van der Waals surface area contributed by atoms with Crippen LogP contribution in [0.3, 0.4) is 0 Å². The summed E-state index contributed by atoms with van der Waals surface area (Å²) < 4.78 is 10.1. The highest BCUT2D eigenvalue weighted by Gasteiger charge is 2.24. The van der Waals surface area contributed by atoms with Gasteiger partial charge in [0, 0.05) is 5.38 Å². The lowest BCUT2D eigenvalue weighted by molar-refractivity contribution is -0.132. The van der Waals surface area contributed by atoms with Crippen LogP contribution in [0.4, 0.5) is 5.13 Å². The first kappa shape index (κ1) is 25.0. The van der Waals surface area contributed by atoms with Crippen molar-refractivity contribution in [3.63, 3.8) is 0 Å². The number of hydrogen-bond donors (Lipinski definition) is 2. The highest BCUT2D eigenvalue weighted by Crippen LogP contribution is 2.19. The number of nitrogens with two attached hydrogens (primary N) is 1. The fraction of sp³-hybridized carbons (Fsp3) is 0.381. The maximum absolute atomic E-state index is 12.6. The van der Waals surface area contributed by atoms with Gasteiger partial charge in [0.05, 0.1) is 18.7 Å². The van der Waals surface area contributed by atoms with E-state index in [2.05, 4.69) is 25.0 Å². The molecule has 172 valence electrons. The summed E-state index contributed by atoms with van der Waals surface area (Å²) in [6.07, 6.45) is 0.109. The van der Waals surface area contributed by atoms with Gasteiger partial charge in [0.15, 0.2) is 5.13 Å². The summed E-state index contributed by atoms with van der Waals surface area (Å²) >= 11 is 1.08. The molecule has 0 spiro atoms. The summed E-state index contributed by atoms with van der Waals surface area (Å²) in [6.45, 7) is 5.33. The van der Waals surface area contributed by atoms with Gasteiger partial charge in [-0.3, -0.25) is 4.79 Å². The summed E-state index contributed by atoms with van der Waals surface area (Å²) in [5.41, 5.74) is 6.40. The van der Waals surface area contributed by atoms with E-state index in [1.54, 1.807) is 45.0 Å². The number of nitrogens with zero attached hydrogens (tertiary/aromatic N) is 2. The molecule has 11 heteroatoms. The number of hydrogen-bond acceptors (Lipinski definition) is 10. The minimum atomic E-state index is -0.960. The molecular weight excluding hydrogens is 436 g/mol. The van der Waals surface area contributed by atoms with Crippen LogP contribution in [0.25, 0.3) is 0 Å². The van der Waals surface area contributed by atoms with E-state index in [1.165, 1.54) is 19.6 Å². The van der Waals surface area contributed by atoms with E-state index in [0.717, 1.165) is 11.3 Å². The van der Waals surface area contributed by atoms with Crippen molar-refractivity contribution in [3.8, 4) is 0 Å². The number of methoxy groups -OCH3 is 1. The number of carbonyl (C=O) groups is 3. The lowest BCUT2D eigenvalue weighted by atomic mass is 10.00. The second-order valence-corrected chi connectivity index (χ2v) is 8.47. The largest absolute Gasteiger partial charge is 0.464 e. The first-order valence-corrected chi connectivity index (χ1v) is 10.5. The summed E-state index contributed by atoms with van der Waals surface area (Å²) in [5.74, 6) is -1.73. The van der Waals surface area contributed by atoms with Gasteiger partial charge in [-0.2, -0.15) is 0 Å². The van der Waals surface area contributed by atoms with Crippen LogP contribution >= 0.6 is 11.3 Å². The fourth-order valence-electron chi connectivity index (χ4n) is 2.57. The minimum absolute atomic E-state index is 0.109. The van der Waals surface area contributed by atoms with Crippen LogP contribution < -0.4 is 11.1 Å². The molecule has 0 unspecified atom stereocenters. The molecule has 0 fully saturated rings. The second-order valence-electron chi connectivity index (χ2n) is 7.61. The number of benzene rings is 1. The molecule has 1 aromatic heterocycles. The van der Waals surface area contributed by atoms with Crippen LogP contribution in [0.5, 0.6) is 0 Å². The van der Waals surface area contributed by atoms with Crippen LogP contribution in [-0.4, -0.2) is 54.4 Å². The zero-order valence-corrected chi connectivity index (χ0v) is 19.3. The standard InChI is InChI=1S/C21H26N4O6S/c1-21(2,3)31-18(27)13-9-7-6-8-12(13)10-14(22)17(26)24-20-23-15(11-32-20)16(25-30-5)19(28)29-4/h6-9,11,14H,10,22H2,1-5H3,(H,23,24,26)/b25-16-/t14-/m0/s1. The molecule has 0 saturated carbocycles. The Bertz CT molecular complexity index is 1010. The molecule has 1 amide bonds. The third-order valence-electron chi connectivity index (χ3n) is 3.95. The number of nitrogens with one attached hydrogen (secondary N) is 1. The number of thiazole rings is 1. The van der Waals surface area contributed by atoms with E-state index >= 15 is 0 Å². The fourth-order valence-corrected chi connectivity index (χ4v) is 3.27. The van der Waals surface area contributed by atoms with E-state index < -0.39 is 29.5 Å². The average molecular weight is 463 g/mol. The summed E-state index contributed by atoms with van der Waals surface area (Å²) in [7, 11) is 2.49. The van der Waals surface area contributed by atoms with E-state index in [0.29, 0.717) is 11.1 Å². The van der Waals surface area contributed by atoms with Gasteiger partial charge in [-0.15, -0.1) is 11.3 Å². The number of ether oxygens (including phenoxy) is 2. The van der Waals surface area contributed by atoms with Crippen molar-refractivity contribution in [1.29, 1.82) is 0 Å². The summed E-state index contributed by atoms with van der Waals surface area (Å²) in [4.78, 5) is 45.7. The van der Waals surface area contributed by atoms with Gasteiger partial charge in [0.2, 0.25) is 11.6 Å². The summed E-state index contributed by atoms with van der Waals surface area (Å²) in [6, 6.07) is 5.86. The van der Waals surface area contributed by atoms with Crippen molar-refractivity contribution in [3.05, 3.63) is 46.5 Å². The van der Waals surface area contributed by atoms with E-state index in [4.69, 9.17) is 10.5 Å². The zero-order chi connectivity index (χ0) is 23.9. The highest BCUT2D eigenvalue weighted by atomic mass is 32.1. The van der Waals surface area contributed by atoms with Crippen molar-refractivity contribution in [2.45, 2.75) is 38.8 Å². The van der Waals surface area contributed by atoms with Crippen molar-refractivity contribution in [1.82, 2.24) is 4.98 Å². The number of esters is 2. The molecule has 32 heavy (non-hydrogen) atoms. The van der Waals surface area contributed by atoms with Crippen LogP contribution in [0.2, 0.25) is 0 Å². The molecule has 0 aliphatic rings. The maximum Gasteiger partial charge on any atom is 0.362 e. The third-order valence-corrected chi connectivity index (χ3v) is 4.71. The average Bonchev–Trinajstić information content (AvgIpc) is 3.18. The van der Waals surface area contributed by atoms with E-state index in [9.17, 15) is 14.4 Å². The molecule has 0 saturated heterocycles. The Morgan fingerprint density at radius 2 is 1.91 bits per heavy atom. The lowest BCUT2D eigenvalue weighted by Crippen LogP contribution is -2.38. The van der Waals surface area contributed by atoms with E-state index in [1.807, 2.05) is 0 Å². The van der Waals surface area contributed by atoms with Crippen LogP contribution in [0.1, 0.15) is 42.4 Å². The molecule has 0 radical (unpaired) electrons. The topological polar surface area (TPSA) is 142 Å². The summed E-state index contributed by atoms with van der Waals surface area (Å²) in [5, 5.41) is 7.95. The molecule has 3 N–H and O–H groups in total. The van der Waals surface area contributed by atoms with Crippen molar-refractivity contribution < 1.29 is 28.7 Å². The Kier molecular flexibility index (Phi) is 8.44. The number of aromatic nitrogens is 1. The molecule has 10 nitrogen and oxygen atoms in total. The Labute approximate surface area is 189 Å². The Hall–Kier alpha value is -3.31. The van der Waals surface area contributed by atoms with Gasteiger partial charge in [0.25, 0.3) is 0 Å². The second kappa shape index (κ2) is 10.8. The van der Waals surface area contributed by atoms with Gasteiger partial charge in [0.1, 0.15) is 18.4 Å². The molecular formula is C21H26N4O6S. The maximum atomic E-state index is 12.6. The van der Waals surface area contributed by atoms with Gasteiger partial charge in [-0.1, -0.05) is 23.4 Å². The molecule has 0 bridgehead atoms. The molecule has 2 aromatic rings. The zero-order valence-electron chi connectivity index (χ0n) is 18.5. The van der Waals surface area contributed by atoms with Crippen molar-refractivity contribution in [2.24, 2.45) is 10.9 Å². The number of anilines is 1. The Morgan fingerprint density at radius 3 is 2.53 bits per heavy atom. The molecule has 0 aliphatic carbocycles. The predicted molar refractivity (Wildman–Crippen MR) is 120 cm³/mol. The van der Waals surface area contributed by atoms with Gasteiger partial charge in [-0.05, 0) is 38.8 Å². The number of rotatable bonds is 8. The molecule has 1 atom stereocenters. The number of oxime groups is 1. The normalized spacial score (nSPS) is 12.6. The Balaban J connectivity index is 2.11. The predicted octanol–water partition coefficient (Wildman–Crippen LogP) is 2.13. The molecule has 0 aliphatic heterocycles. The number of carbonyl (C=O) groups excluding carboxylic acids is 3. The minimum Gasteiger partial charge on any atom is -0.464 e. The van der Waals surface area contributed by atoms with E-state index in [-0.39, 0.29) is 23.0 Å². The van der Waals surface area contributed by atoms with Crippen LogP contribution in [-0.2, 0) is 30.3 Å². The lowest BCUT2D eigenvalue weighted by Gasteiger charge is -2.21. The Morgan fingerprint density at radius 1 is 1.22 bits per heavy atom. The monoisotopic (exact) mass is 462 g/mol. The van der Waals surface area contributed by atoms with Crippen LogP contribution in [0.15, 0.2) is 34.8 Å². The van der Waals surface area contributed by atoms with Gasteiger partial charge in [-0.25, -0.2) is 14.6 Å². The first-order chi connectivity index (χ1) is 15.1. The number of amides is 1. The molecule has 1 heterocycles. The van der Waals surface area contributed by atoms with Gasteiger partial charge >= 0.3 is 11.9 Å². The molecule has 1 aromatic carbocycles. The van der Waals surface area contributed by atoms with Crippen molar-refractivity contribution >= 4 is 40.0 Å². The highest BCUT2D eigenvalue weighted by molar-refractivity contribution is 7.14. The van der Waals surface area contributed by atoms with Gasteiger partial charge < -0.3 is 25.4 Å². The quantitative estimate of drug-likeness (QED) is 0.345. The first-order valence-electron chi connectivity index (χ1n) is 9.58.